The molecule has 0 saturated heterocycles. The van der Waals surface area contributed by atoms with Crippen LogP contribution in [0.3, 0.4) is 0 Å². The van der Waals surface area contributed by atoms with Gasteiger partial charge in [0.2, 0.25) is 0 Å². The van der Waals surface area contributed by atoms with Crippen LogP contribution in [-0.4, -0.2) is 39.0 Å². The van der Waals surface area contributed by atoms with Gasteiger partial charge in [-0.2, -0.15) is 0 Å². The van der Waals surface area contributed by atoms with Crippen LogP contribution in [0.25, 0.3) is 5.65 Å². The smallest absolute Gasteiger partial charge is 0.274 e. The molecule has 0 spiro atoms. The molecule has 0 unspecified atom stereocenters. The first-order chi connectivity index (χ1) is 13.1. The Morgan fingerprint density at radius 1 is 1.30 bits per heavy atom. The minimum atomic E-state index is -0.0951. The molecule has 0 radical (unpaired) electrons. The Bertz CT molecular complexity index is 817. The molecule has 2 aromatic heterocycles. The Hall–Kier alpha value is -1.95. The van der Waals surface area contributed by atoms with Crippen molar-refractivity contribution in [1.29, 1.82) is 0 Å². The van der Waals surface area contributed by atoms with Crippen LogP contribution >= 0.6 is 0 Å². The number of nitrogens with one attached hydrogen (secondary N) is 1. The minimum Gasteiger partial charge on any atom is -0.378 e. The summed E-state index contributed by atoms with van der Waals surface area (Å²) in [6.07, 6.45) is 8.85. The van der Waals surface area contributed by atoms with Crippen molar-refractivity contribution >= 4 is 11.6 Å². The van der Waals surface area contributed by atoms with E-state index in [1.807, 2.05) is 24.3 Å². The number of unbranched alkanes of at least 4 members (excludes halogenated alkanes) is 1. The quantitative estimate of drug-likeness (QED) is 0.791. The van der Waals surface area contributed by atoms with Gasteiger partial charge in [0.15, 0.2) is 11.3 Å². The average Bonchev–Trinajstić information content (AvgIpc) is 3.14. The number of ether oxygens (including phenoxy) is 1. The van der Waals surface area contributed by atoms with Crippen LogP contribution in [0.4, 0.5) is 0 Å². The highest BCUT2D eigenvalue weighted by molar-refractivity contribution is 5.98. The molecule has 27 heavy (non-hydrogen) atoms. The molecule has 0 aromatic carbocycles. The molecule has 0 aliphatic heterocycles. The molecule has 6 nitrogen and oxygen atoms in total. The maximum Gasteiger partial charge on any atom is 0.274 e. The lowest BCUT2D eigenvalue weighted by molar-refractivity contribution is -0.00121. The number of carbonyl (C=O) groups excluding carboxylic acids is 1. The largest absolute Gasteiger partial charge is 0.378 e. The van der Waals surface area contributed by atoms with Crippen molar-refractivity contribution < 1.29 is 9.53 Å². The lowest BCUT2D eigenvalue weighted by Crippen LogP contribution is -2.46. The molecule has 2 aliphatic carbocycles. The topological polar surface area (TPSA) is 68.5 Å². The van der Waals surface area contributed by atoms with Gasteiger partial charge in [-0.15, -0.1) is 0 Å². The number of fused-ring (bicyclic) bond motifs is 3. The average molecular weight is 370 g/mol. The number of carbonyl (C=O) groups is 1. The summed E-state index contributed by atoms with van der Waals surface area (Å²) in [6, 6.07) is 2.24. The molecule has 4 rings (SSSR count). The third-order valence-corrected chi connectivity index (χ3v) is 6.24. The van der Waals surface area contributed by atoms with Crippen LogP contribution in [0.2, 0.25) is 0 Å². The number of rotatable bonds is 6. The van der Waals surface area contributed by atoms with E-state index in [0.29, 0.717) is 29.3 Å². The summed E-state index contributed by atoms with van der Waals surface area (Å²) in [6.45, 7) is 7.01. The second kappa shape index (κ2) is 7.58. The van der Waals surface area contributed by atoms with Gasteiger partial charge in [0, 0.05) is 24.0 Å². The number of imidazole rings is 1. The van der Waals surface area contributed by atoms with Crippen molar-refractivity contribution in [2.75, 3.05) is 6.61 Å². The van der Waals surface area contributed by atoms with Gasteiger partial charge in [-0.1, -0.05) is 13.3 Å². The molecule has 146 valence electrons. The number of hydrogen-bond acceptors (Lipinski definition) is 4. The van der Waals surface area contributed by atoms with E-state index in [4.69, 9.17) is 4.74 Å². The number of nitrogens with zero attached hydrogens (tertiary/aromatic N) is 3. The van der Waals surface area contributed by atoms with Gasteiger partial charge in [0.25, 0.3) is 5.91 Å². The minimum absolute atomic E-state index is 0.0951. The fraction of sp³-hybridized carbons (Fsp3) is 0.667. The molecular formula is C21H30N4O2. The van der Waals surface area contributed by atoms with Gasteiger partial charge < -0.3 is 10.1 Å². The number of aromatic nitrogens is 3. The molecule has 2 heterocycles. The molecule has 2 saturated carbocycles. The van der Waals surface area contributed by atoms with E-state index in [2.05, 4.69) is 22.2 Å². The Balaban J connectivity index is 1.45. The normalized spacial score (nSPS) is 27.2. The SMILES string of the molecule is CCCCO[C@@H]1C[C@H]2CC[C@@H](C1)[C@@H]2NC(=O)c1ncn2c(C)cc(C)nc12. The second-order valence-electron chi connectivity index (χ2n) is 8.24. The fourth-order valence-corrected chi connectivity index (χ4v) is 4.90. The van der Waals surface area contributed by atoms with E-state index in [-0.39, 0.29) is 11.9 Å². The van der Waals surface area contributed by atoms with Gasteiger partial charge in [-0.3, -0.25) is 9.20 Å². The maximum absolute atomic E-state index is 13.0. The van der Waals surface area contributed by atoms with Gasteiger partial charge >= 0.3 is 0 Å². The number of aryl methyl sites for hydroxylation is 2. The van der Waals surface area contributed by atoms with Crippen molar-refractivity contribution in [3.63, 3.8) is 0 Å². The highest BCUT2D eigenvalue weighted by Crippen LogP contribution is 2.43. The molecule has 1 amide bonds. The van der Waals surface area contributed by atoms with E-state index >= 15 is 0 Å². The molecule has 2 fully saturated rings. The zero-order valence-corrected chi connectivity index (χ0v) is 16.6. The zero-order valence-electron chi connectivity index (χ0n) is 16.6. The zero-order chi connectivity index (χ0) is 19.0. The third kappa shape index (κ3) is 3.59. The molecule has 1 N–H and O–H groups in total. The maximum atomic E-state index is 13.0. The van der Waals surface area contributed by atoms with E-state index < -0.39 is 0 Å². The highest BCUT2D eigenvalue weighted by Gasteiger charge is 2.44. The Morgan fingerprint density at radius 3 is 2.74 bits per heavy atom. The highest BCUT2D eigenvalue weighted by atomic mass is 16.5. The van der Waals surface area contributed by atoms with Crippen molar-refractivity contribution in [1.82, 2.24) is 19.7 Å². The van der Waals surface area contributed by atoms with Crippen molar-refractivity contribution in [3.8, 4) is 0 Å². The predicted molar refractivity (Wildman–Crippen MR) is 104 cm³/mol. The van der Waals surface area contributed by atoms with Crippen LogP contribution in [0.15, 0.2) is 12.4 Å². The lowest BCUT2D eigenvalue weighted by Gasteiger charge is -2.35. The summed E-state index contributed by atoms with van der Waals surface area (Å²) in [5.74, 6) is 0.941. The molecule has 4 atom stereocenters. The van der Waals surface area contributed by atoms with Crippen molar-refractivity contribution in [2.24, 2.45) is 11.8 Å². The third-order valence-electron chi connectivity index (χ3n) is 6.24. The van der Waals surface area contributed by atoms with E-state index in [1.54, 1.807) is 6.33 Å². The first-order valence-corrected chi connectivity index (χ1v) is 10.3. The summed E-state index contributed by atoms with van der Waals surface area (Å²) in [7, 11) is 0. The molecular weight excluding hydrogens is 340 g/mol. The van der Waals surface area contributed by atoms with Crippen LogP contribution in [-0.2, 0) is 4.74 Å². The first kappa shape index (κ1) is 18.4. The standard InChI is InChI=1S/C21H30N4O2/c1-4-5-8-27-17-10-15-6-7-16(11-17)18(15)24-21(26)19-20-23-13(2)9-14(3)25(20)12-22-19/h9,12,15-18H,4-8,10-11H2,1-3H3,(H,24,26)/t15-,16+,17-,18-. The van der Waals surface area contributed by atoms with Crippen LogP contribution in [0.5, 0.6) is 0 Å². The summed E-state index contributed by atoms with van der Waals surface area (Å²) >= 11 is 0. The Labute approximate surface area is 160 Å². The monoisotopic (exact) mass is 370 g/mol. The van der Waals surface area contributed by atoms with Crippen LogP contribution in [0.1, 0.15) is 67.3 Å². The summed E-state index contributed by atoms with van der Waals surface area (Å²) < 4.78 is 7.96. The first-order valence-electron chi connectivity index (χ1n) is 10.3. The van der Waals surface area contributed by atoms with Crippen molar-refractivity contribution in [3.05, 3.63) is 29.5 Å². The molecule has 2 bridgehead atoms. The van der Waals surface area contributed by atoms with E-state index in [9.17, 15) is 4.79 Å². The second-order valence-corrected chi connectivity index (χ2v) is 8.24. The predicted octanol–water partition coefficient (Wildman–Crippen LogP) is 3.45. The lowest BCUT2D eigenvalue weighted by atomic mass is 9.82. The summed E-state index contributed by atoms with van der Waals surface area (Å²) in [5, 5.41) is 3.29. The Morgan fingerprint density at radius 2 is 2.04 bits per heavy atom. The molecule has 2 aromatic rings. The fourth-order valence-electron chi connectivity index (χ4n) is 4.90. The molecule has 6 heteroatoms. The van der Waals surface area contributed by atoms with E-state index in [1.165, 1.54) is 19.3 Å². The van der Waals surface area contributed by atoms with Gasteiger partial charge in [-0.25, -0.2) is 9.97 Å². The van der Waals surface area contributed by atoms with Gasteiger partial charge in [0.05, 0.1) is 6.10 Å². The molecule has 2 aliphatic rings. The van der Waals surface area contributed by atoms with Crippen LogP contribution in [0, 0.1) is 25.7 Å². The van der Waals surface area contributed by atoms with Gasteiger partial charge in [-0.05, 0) is 63.9 Å². The van der Waals surface area contributed by atoms with Crippen molar-refractivity contribution in [2.45, 2.75) is 71.4 Å². The summed E-state index contributed by atoms with van der Waals surface area (Å²) in [5.41, 5.74) is 3.02. The number of hydrogen-bond donors (Lipinski definition) is 1. The van der Waals surface area contributed by atoms with Gasteiger partial charge in [0.1, 0.15) is 6.33 Å². The van der Waals surface area contributed by atoms with Crippen LogP contribution < -0.4 is 5.32 Å². The van der Waals surface area contributed by atoms with E-state index in [0.717, 1.165) is 37.3 Å². The number of amides is 1. The summed E-state index contributed by atoms with van der Waals surface area (Å²) in [4.78, 5) is 21.9. The Kier molecular flexibility index (Phi) is 5.17.